The van der Waals surface area contributed by atoms with Crippen molar-refractivity contribution in [2.75, 3.05) is 27.2 Å². The molecule has 5 atom stereocenters. The van der Waals surface area contributed by atoms with E-state index in [9.17, 15) is 9.59 Å². The number of rotatable bonds is 7. The first-order chi connectivity index (χ1) is 13.9. The summed E-state index contributed by atoms with van der Waals surface area (Å²) in [4.78, 5) is 29.0. The smallest absolute Gasteiger partial charge is 0.154 e. The van der Waals surface area contributed by atoms with Crippen LogP contribution in [0.3, 0.4) is 0 Å². The quantitative estimate of drug-likeness (QED) is 0.707. The van der Waals surface area contributed by atoms with E-state index in [1.807, 2.05) is 7.05 Å². The molecule has 3 fully saturated rings. The number of nitrogens with zero attached hydrogens (tertiary/aromatic N) is 2. The summed E-state index contributed by atoms with van der Waals surface area (Å²) in [7, 11) is 4.09. The van der Waals surface area contributed by atoms with Crippen molar-refractivity contribution in [3.63, 3.8) is 0 Å². The molecular weight excluding hydrogens is 364 g/mol. The molecule has 0 spiro atoms. The molecule has 0 aromatic heterocycles. The predicted molar refractivity (Wildman–Crippen MR) is 113 cm³/mol. The van der Waals surface area contributed by atoms with E-state index in [2.05, 4.69) is 41.1 Å². The summed E-state index contributed by atoms with van der Waals surface area (Å²) < 4.78 is 6.04. The maximum absolute atomic E-state index is 13.0. The van der Waals surface area contributed by atoms with Gasteiger partial charge in [0.15, 0.2) is 5.78 Å². The molecule has 5 nitrogen and oxygen atoms in total. The monoisotopic (exact) mass is 398 g/mol. The van der Waals surface area contributed by atoms with Gasteiger partial charge in [0.2, 0.25) is 0 Å². The molecular formula is C24H34N2O3. The molecule has 2 saturated heterocycles. The van der Waals surface area contributed by atoms with Crippen LogP contribution in [0.25, 0.3) is 0 Å². The number of hydrogen-bond acceptors (Lipinski definition) is 5. The molecule has 5 heteroatoms. The van der Waals surface area contributed by atoms with Crippen LogP contribution in [0.15, 0.2) is 24.3 Å². The molecule has 4 rings (SSSR count). The fourth-order valence-electron chi connectivity index (χ4n) is 5.82. The topological polar surface area (TPSA) is 49.9 Å². The molecule has 3 aliphatic rings. The van der Waals surface area contributed by atoms with Crippen molar-refractivity contribution >= 4 is 11.6 Å². The van der Waals surface area contributed by atoms with Gasteiger partial charge in [0.1, 0.15) is 5.78 Å². The normalized spacial score (nSPS) is 32.6. The van der Waals surface area contributed by atoms with Crippen LogP contribution in [0.2, 0.25) is 0 Å². The number of ether oxygens (including phenoxy) is 1. The summed E-state index contributed by atoms with van der Waals surface area (Å²) in [5.74, 6) is 1.88. The van der Waals surface area contributed by atoms with E-state index in [1.165, 1.54) is 19.3 Å². The van der Waals surface area contributed by atoms with Gasteiger partial charge in [-0.2, -0.15) is 0 Å². The number of Topliss-reactive ketones (excluding diaryl/α,β-unsaturated/α-hetero) is 2. The van der Waals surface area contributed by atoms with Crippen LogP contribution < -0.4 is 0 Å². The summed E-state index contributed by atoms with van der Waals surface area (Å²) in [6.07, 6.45) is 5.18. The molecule has 0 N–H and O–H groups in total. The van der Waals surface area contributed by atoms with Crippen LogP contribution in [-0.2, 0) is 27.4 Å². The lowest BCUT2D eigenvalue weighted by molar-refractivity contribution is -0.123. The first kappa shape index (κ1) is 20.7. The maximum Gasteiger partial charge on any atom is 0.154 e. The molecule has 0 radical (unpaired) electrons. The second-order valence-corrected chi connectivity index (χ2v) is 9.43. The van der Waals surface area contributed by atoms with Crippen molar-refractivity contribution < 1.29 is 14.3 Å². The second kappa shape index (κ2) is 8.66. The predicted octanol–water partition coefficient (Wildman–Crippen LogP) is 2.71. The number of likely N-dealkylation sites (tertiary alicyclic amines) is 2. The van der Waals surface area contributed by atoms with Crippen molar-refractivity contribution in [2.45, 2.75) is 63.8 Å². The number of carbonyl (C=O) groups is 2. The largest absolute Gasteiger partial charge is 0.372 e. The molecule has 1 aromatic rings. The Morgan fingerprint density at radius 2 is 1.76 bits per heavy atom. The fourth-order valence-corrected chi connectivity index (χ4v) is 5.82. The maximum atomic E-state index is 13.0. The third-order valence-electron chi connectivity index (χ3n) is 7.32. The lowest BCUT2D eigenvalue weighted by Crippen LogP contribution is -2.38. The highest BCUT2D eigenvalue weighted by atomic mass is 16.5. The Morgan fingerprint density at radius 1 is 1.03 bits per heavy atom. The minimum atomic E-state index is -0.0124. The van der Waals surface area contributed by atoms with Gasteiger partial charge >= 0.3 is 0 Å². The molecule has 0 unspecified atom stereocenters. The molecule has 0 amide bonds. The summed E-state index contributed by atoms with van der Waals surface area (Å²) >= 11 is 0. The van der Waals surface area contributed by atoms with Gasteiger partial charge in [-0.3, -0.25) is 19.4 Å². The summed E-state index contributed by atoms with van der Waals surface area (Å²) in [5.41, 5.74) is 2.20. The molecule has 158 valence electrons. The minimum Gasteiger partial charge on any atom is -0.372 e. The van der Waals surface area contributed by atoms with Gasteiger partial charge < -0.3 is 4.74 Å². The molecule has 0 bridgehead atoms. The van der Waals surface area contributed by atoms with E-state index >= 15 is 0 Å². The number of hydrogen-bond donors (Lipinski definition) is 0. The highest BCUT2D eigenvalue weighted by Crippen LogP contribution is 2.42. The van der Waals surface area contributed by atoms with E-state index < -0.39 is 0 Å². The van der Waals surface area contributed by atoms with E-state index in [0.717, 1.165) is 36.6 Å². The zero-order valence-corrected chi connectivity index (χ0v) is 18.0. The molecule has 2 aliphatic heterocycles. The standard InChI is InChI=1S/C24H34N2O3/c1-16(27)22-12-20(14-25(22)2)29-15-18-9-7-17(8-10-18)11-23(28)24-21-6-4-5-19(21)13-26(24)3/h7-10,19-22,24H,4-6,11-15H2,1-3H3/t19-,20+,21-,22+,24+/m1/s1. The van der Waals surface area contributed by atoms with E-state index in [1.54, 1.807) is 6.92 Å². The second-order valence-electron chi connectivity index (χ2n) is 9.43. The van der Waals surface area contributed by atoms with Crippen molar-refractivity contribution in [3.8, 4) is 0 Å². The SMILES string of the molecule is CC(=O)[C@@H]1C[C@H](OCc2ccc(CC(=O)[C@@H]3[C@@H]4CCC[C@@H]4CN3C)cc2)CN1C. The fraction of sp³-hybridized carbons (Fsp3) is 0.667. The number of ketones is 2. The first-order valence-corrected chi connectivity index (χ1v) is 11.1. The zero-order valence-electron chi connectivity index (χ0n) is 18.0. The molecule has 2 heterocycles. The Balaban J connectivity index is 1.28. The van der Waals surface area contributed by atoms with Crippen LogP contribution in [0.1, 0.15) is 43.7 Å². The minimum absolute atomic E-state index is 0.0124. The van der Waals surface area contributed by atoms with Crippen molar-refractivity contribution in [1.82, 2.24) is 9.80 Å². The number of fused-ring (bicyclic) bond motifs is 1. The van der Waals surface area contributed by atoms with Gasteiger partial charge in [0, 0.05) is 19.5 Å². The number of carbonyl (C=O) groups excluding carboxylic acids is 2. The van der Waals surface area contributed by atoms with Gasteiger partial charge in [-0.05, 0) is 63.2 Å². The lowest BCUT2D eigenvalue weighted by Gasteiger charge is -2.23. The van der Waals surface area contributed by atoms with Crippen LogP contribution in [0.4, 0.5) is 0 Å². The van der Waals surface area contributed by atoms with Crippen LogP contribution in [0.5, 0.6) is 0 Å². The third kappa shape index (κ3) is 4.47. The summed E-state index contributed by atoms with van der Waals surface area (Å²) in [5, 5.41) is 0. The Kier molecular flexibility index (Phi) is 6.19. The lowest BCUT2D eigenvalue weighted by atomic mass is 9.89. The van der Waals surface area contributed by atoms with E-state index in [-0.39, 0.29) is 24.0 Å². The summed E-state index contributed by atoms with van der Waals surface area (Å²) in [6.45, 7) is 4.08. The molecule has 29 heavy (non-hydrogen) atoms. The average molecular weight is 399 g/mol. The Morgan fingerprint density at radius 3 is 2.45 bits per heavy atom. The van der Waals surface area contributed by atoms with E-state index in [4.69, 9.17) is 4.74 Å². The average Bonchev–Trinajstić information content (AvgIpc) is 3.35. The van der Waals surface area contributed by atoms with E-state index in [0.29, 0.717) is 24.7 Å². The third-order valence-corrected chi connectivity index (χ3v) is 7.32. The first-order valence-electron chi connectivity index (χ1n) is 11.1. The highest BCUT2D eigenvalue weighted by Gasteiger charge is 2.45. The molecule has 1 aromatic carbocycles. The van der Waals surface area contributed by atoms with Gasteiger partial charge in [-0.1, -0.05) is 30.7 Å². The zero-order chi connectivity index (χ0) is 20.5. The van der Waals surface area contributed by atoms with Crippen molar-refractivity contribution in [3.05, 3.63) is 35.4 Å². The van der Waals surface area contributed by atoms with Gasteiger partial charge in [0.25, 0.3) is 0 Å². The Labute approximate surface area is 174 Å². The van der Waals surface area contributed by atoms with Crippen LogP contribution in [0, 0.1) is 11.8 Å². The molecule has 1 saturated carbocycles. The Hall–Kier alpha value is -1.56. The van der Waals surface area contributed by atoms with Gasteiger partial charge in [0.05, 0.1) is 24.8 Å². The van der Waals surface area contributed by atoms with Crippen molar-refractivity contribution in [2.24, 2.45) is 11.8 Å². The van der Waals surface area contributed by atoms with Gasteiger partial charge in [-0.25, -0.2) is 0 Å². The summed E-state index contributed by atoms with van der Waals surface area (Å²) in [6, 6.07) is 8.37. The highest BCUT2D eigenvalue weighted by molar-refractivity contribution is 5.86. The van der Waals surface area contributed by atoms with Gasteiger partial charge in [-0.15, -0.1) is 0 Å². The number of likely N-dealkylation sites (N-methyl/N-ethyl adjacent to an activating group) is 2. The Bertz CT molecular complexity index is 747. The molecule has 1 aliphatic carbocycles. The van der Waals surface area contributed by atoms with Crippen LogP contribution in [-0.4, -0.2) is 66.7 Å². The van der Waals surface area contributed by atoms with Crippen molar-refractivity contribution in [1.29, 1.82) is 0 Å². The van der Waals surface area contributed by atoms with Crippen LogP contribution >= 0.6 is 0 Å². The number of benzene rings is 1.